The van der Waals surface area contributed by atoms with E-state index >= 15 is 0 Å². The minimum absolute atomic E-state index is 0.242. The highest BCUT2D eigenvalue weighted by molar-refractivity contribution is 5.66. The molecule has 3 heteroatoms. The Bertz CT molecular complexity index is 328. The Morgan fingerprint density at radius 2 is 1.88 bits per heavy atom. The van der Waals surface area contributed by atoms with Crippen molar-refractivity contribution in [3.8, 4) is 0 Å². The van der Waals surface area contributed by atoms with Crippen LogP contribution in [-0.2, 0) is 11.2 Å². The predicted molar refractivity (Wildman–Crippen MR) is 62.3 cm³/mol. The van der Waals surface area contributed by atoms with Gasteiger partial charge in [0, 0.05) is 6.42 Å². The number of unbranched alkanes of at least 4 members (excludes halogenated alkanes) is 1. The molecule has 0 aliphatic rings. The highest BCUT2D eigenvalue weighted by Gasteiger charge is 2.01. The quantitative estimate of drug-likeness (QED) is 0.727. The fourth-order valence-corrected chi connectivity index (χ4v) is 1.57. The van der Waals surface area contributed by atoms with Crippen LogP contribution in [0.15, 0.2) is 24.3 Å². The molecule has 16 heavy (non-hydrogen) atoms. The topological polar surface area (TPSA) is 57.5 Å². The zero-order valence-electron chi connectivity index (χ0n) is 9.52. The smallest absolute Gasteiger partial charge is 0.303 e. The first-order chi connectivity index (χ1) is 7.59. The zero-order valence-corrected chi connectivity index (χ0v) is 9.52. The monoisotopic (exact) mass is 222 g/mol. The van der Waals surface area contributed by atoms with Crippen LogP contribution in [-0.4, -0.2) is 16.2 Å². The molecule has 0 bridgehead atoms. The Labute approximate surface area is 95.7 Å². The van der Waals surface area contributed by atoms with Crippen LogP contribution in [0.2, 0.25) is 0 Å². The molecule has 1 unspecified atom stereocenters. The van der Waals surface area contributed by atoms with E-state index in [1.165, 1.54) is 5.56 Å². The van der Waals surface area contributed by atoms with Gasteiger partial charge >= 0.3 is 5.97 Å². The number of hydrogen-bond acceptors (Lipinski definition) is 2. The van der Waals surface area contributed by atoms with E-state index in [0.717, 1.165) is 18.4 Å². The van der Waals surface area contributed by atoms with Crippen LogP contribution in [0.4, 0.5) is 0 Å². The third-order valence-electron chi connectivity index (χ3n) is 2.57. The number of rotatable bonds is 6. The van der Waals surface area contributed by atoms with E-state index in [0.29, 0.717) is 6.42 Å². The Balaban J connectivity index is 2.35. The first kappa shape index (κ1) is 12.7. The molecule has 0 fully saturated rings. The van der Waals surface area contributed by atoms with Crippen molar-refractivity contribution in [3.05, 3.63) is 35.4 Å². The van der Waals surface area contributed by atoms with Crippen molar-refractivity contribution < 1.29 is 15.0 Å². The molecule has 0 radical (unpaired) electrons. The summed E-state index contributed by atoms with van der Waals surface area (Å²) in [5.74, 6) is -0.732. The number of aliphatic hydroxyl groups is 1. The first-order valence-electron chi connectivity index (χ1n) is 5.58. The van der Waals surface area contributed by atoms with Gasteiger partial charge in [-0.25, -0.2) is 0 Å². The third kappa shape index (κ3) is 4.45. The van der Waals surface area contributed by atoms with Gasteiger partial charge in [-0.15, -0.1) is 0 Å². The number of aliphatic carboxylic acids is 1. The molecule has 0 aliphatic carbocycles. The van der Waals surface area contributed by atoms with E-state index in [-0.39, 0.29) is 6.42 Å². The highest BCUT2D eigenvalue weighted by Crippen LogP contribution is 2.14. The van der Waals surface area contributed by atoms with Gasteiger partial charge < -0.3 is 10.2 Å². The lowest BCUT2D eigenvalue weighted by Crippen LogP contribution is -1.95. The fourth-order valence-electron chi connectivity index (χ4n) is 1.57. The second kappa shape index (κ2) is 6.28. The Hall–Kier alpha value is -1.35. The molecular weight excluding hydrogens is 204 g/mol. The lowest BCUT2D eigenvalue weighted by atomic mass is 10.0. The molecule has 0 aliphatic heterocycles. The van der Waals surface area contributed by atoms with E-state index in [1.807, 2.05) is 24.3 Å². The van der Waals surface area contributed by atoms with E-state index in [2.05, 4.69) is 0 Å². The molecule has 0 amide bonds. The van der Waals surface area contributed by atoms with Crippen LogP contribution in [0.5, 0.6) is 0 Å². The minimum atomic E-state index is -0.732. The van der Waals surface area contributed by atoms with Crippen LogP contribution in [0.1, 0.15) is 43.4 Å². The molecule has 0 saturated heterocycles. The maximum atomic E-state index is 10.3. The van der Waals surface area contributed by atoms with Crippen LogP contribution < -0.4 is 0 Å². The van der Waals surface area contributed by atoms with Crippen molar-refractivity contribution in [2.45, 2.75) is 38.7 Å². The molecule has 0 saturated carbocycles. The van der Waals surface area contributed by atoms with E-state index in [4.69, 9.17) is 5.11 Å². The summed E-state index contributed by atoms with van der Waals surface area (Å²) < 4.78 is 0. The minimum Gasteiger partial charge on any atom is -0.481 e. The van der Waals surface area contributed by atoms with Crippen LogP contribution >= 0.6 is 0 Å². The van der Waals surface area contributed by atoms with Gasteiger partial charge in [-0.05, 0) is 37.3 Å². The molecule has 1 aromatic rings. The van der Waals surface area contributed by atoms with Crippen LogP contribution in [0.25, 0.3) is 0 Å². The van der Waals surface area contributed by atoms with Gasteiger partial charge in [0.2, 0.25) is 0 Å². The van der Waals surface area contributed by atoms with Gasteiger partial charge in [-0.1, -0.05) is 24.3 Å². The highest BCUT2D eigenvalue weighted by atomic mass is 16.4. The van der Waals surface area contributed by atoms with Crippen LogP contribution in [0, 0.1) is 0 Å². The van der Waals surface area contributed by atoms with E-state index in [9.17, 15) is 9.90 Å². The Morgan fingerprint density at radius 1 is 1.25 bits per heavy atom. The number of carboxylic acids is 1. The summed E-state index contributed by atoms with van der Waals surface area (Å²) in [5, 5.41) is 17.8. The Kier molecular flexibility index (Phi) is 4.99. The molecule has 0 spiro atoms. The average Bonchev–Trinajstić information content (AvgIpc) is 2.25. The van der Waals surface area contributed by atoms with Crippen LogP contribution in [0.3, 0.4) is 0 Å². The number of aryl methyl sites for hydroxylation is 1. The summed E-state index contributed by atoms with van der Waals surface area (Å²) in [4.78, 5) is 10.3. The summed E-state index contributed by atoms with van der Waals surface area (Å²) in [6.07, 6.45) is 2.31. The molecule has 1 aromatic carbocycles. The summed E-state index contributed by atoms with van der Waals surface area (Å²) in [6.45, 7) is 1.74. The standard InChI is InChI=1S/C13H18O3/c1-10(14)12-8-6-11(7-9-12)4-2-3-5-13(15)16/h6-10,14H,2-5H2,1H3,(H,15,16). The molecule has 0 aromatic heterocycles. The number of benzene rings is 1. The van der Waals surface area contributed by atoms with Crippen molar-refractivity contribution in [1.29, 1.82) is 0 Å². The number of aliphatic hydroxyl groups excluding tert-OH is 1. The Morgan fingerprint density at radius 3 is 2.38 bits per heavy atom. The maximum Gasteiger partial charge on any atom is 0.303 e. The fraction of sp³-hybridized carbons (Fsp3) is 0.462. The second-order valence-corrected chi connectivity index (χ2v) is 4.02. The SMILES string of the molecule is CC(O)c1ccc(CCCCC(=O)O)cc1. The van der Waals surface area contributed by atoms with Gasteiger partial charge in [0.05, 0.1) is 6.10 Å². The molecule has 1 rings (SSSR count). The summed E-state index contributed by atoms with van der Waals surface area (Å²) in [6, 6.07) is 7.81. The van der Waals surface area contributed by atoms with Gasteiger partial charge in [0.15, 0.2) is 0 Å². The van der Waals surface area contributed by atoms with Crippen molar-refractivity contribution in [2.75, 3.05) is 0 Å². The summed E-state index contributed by atoms with van der Waals surface area (Å²) in [7, 11) is 0. The number of carbonyl (C=O) groups is 1. The molecular formula is C13H18O3. The first-order valence-corrected chi connectivity index (χ1v) is 5.58. The van der Waals surface area contributed by atoms with Gasteiger partial charge in [0.25, 0.3) is 0 Å². The van der Waals surface area contributed by atoms with Gasteiger partial charge in [-0.3, -0.25) is 4.79 Å². The molecule has 3 nitrogen and oxygen atoms in total. The predicted octanol–water partition coefficient (Wildman–Crippen LogP) is 2.54. The summed E-state index contributed by atoms with van der Waals surface area (Å²) >= 11 is 0. The third-order valence-corrected chi connectivity index (χ3v) is 2.57. The average molecular weight is 222 g/mol. The van der Waals surface area contributed by atoms with E-state index < -0.39 is 12.1 Å². The van der Waals surface area contributed by atoms with Crippen molar-refractivity contribution in [2.24, 2.45) is 0 Å². The molecule has 0 heterocycles. The zero-order chi connectivity index (χ0) is 12.0. The molecule has 2 N–H and O–H groups in total. The lowest BCUT2D eigenvalue weighted by molar-refractivity contribution is -0.137. The molecule has 88 valence electrons. The van der Waals surface area contributed by atoms with Crippen molar-refractivity contribution in [3.63, 3.8) is 0 Å². The summed E-state index contributed by atoms with van der Waals surface area (Å²) in [5.41, 5.74) is 2.10. The van der Waals surface area contributed by atoms with Crippen molar-refractivity contribution >= 4 is 5.97 Å². The largest absolute Gasteiger partial charge is 0.481 e. The maximum absolute atomic E-state index is 10.3. The lowest BCUT2D eigenvalue weighted by Gasteiger charge is -2.06. The van der Waals surface area contributed by atoms with Gasteiger partial charge in [0.1, 0.15) is 0 Å². The van der Waals surface area contributed by atoms with Gasteiger partial charge in [-0.2, -0.15) is 0 Å². The normalized spacial score (nSPS) is 12.4. The number of hydrogen-bond donors (Lipinski definition) is 2. The van der Waals surface area contributed by atoms with Crippen molar-refractivity contribution in [1.82, 2.24) is 0 Å². The van der Waals surface area contributed by atoms with E-state index in [1.54, 1.807) is 6.92 Å². The molecule has 1 atom stereocenters. The number of carboxylic acid groups (broad SMARTS) is 1. The second-order valence-electron chi connectivity index (χ2n) is 4.02.